The average molecular weight is 456 g/mol. The second-order valence-electron chi connectivity index (χ2n) is 8.31. The molecule has 34 heavy (non-hydrogen) atoms. The van der Waals surface area contributed by atoms with Gasteiger partial charge in [0.25, 0.3) is 11.5 Å². The van der Waals surface area contributed by atoms with Crippen molar-refractivity contribution in [3.8, 4) is 0 Å². The van der Waals surface area contributed by atoms with E-state index in [4.69, 9.17) is 5.73 Å². The maximum absolute atomic E-state index is 13.1. The molecule has 5 rings (SSSR count). The van der Waals surface area contributed by atoms with E-state index in [1.54, 1.807) is 4.90 Å². The van der Waals surface area contributed by atoms with Crippen LogP contribution in [-0.2, 0) is 13.1 Å². The molecule has 0 bridgehead atoms. The number of hydrogen-bond donors (Lipinski definition) is 1. The Bertz CT molecular complexity index is 1380. The first-order valence-electron chi connectivity index (χ1n) is 11.2. The van der Waals surface area contributed by atoms with E-state index in [2.05, 4.69) is 20.0 Å². The number of nitrogen functional groups attached to an aromatic ring is 1. The molecule has 2 aromatic heterocycles. The third-order valence-electron chi connectivity index (χ3n) is 5.96. The smallest absolute Gasteiger partial charge is 0.274 e. The van der Waals surface area contributed by atoms with Crippen LogP contribution in [-0.4, -0.2) is 61.6 Å². The number of piperazine rings is 1. The minimum atomic E-state index is -0.236. The molecule has 0 atom stereocenters. The zero-order chi connectivity index (χ0) is 23.5. The zero-order valence-corrected chi connectivity index (χ0v) is 18.7. The van der Waals surface area contributed by atoms with Crippen LogP contribution in [0, 0.1) is 0 Å². The Kier molecular flexibility index (Phi) is 6.01. The number of hydrogen-bond acceptors (Lipinski definition) is 7. The van der Waals surface area contributed by atoms with Crippen molar-refractivity contribution in [1.82, 2.24) is 29.5 Å². The Morgan fingerprint density at radius 2 is 1.59 bits per heavy atom. The Hall–Kier alpha value is -4.11. The third-order valence-corrected chi connectivity index (χ3v) is 5.96. The maximum Gasteiger partial charge on any atom is 0.274 e. The Labute approximate surface area is 196 Å². The molecule has 3 heterocycles. The number of carbonyl (C=O) groups excluding carboxylic acids is 1. The zero-order valence-electron chi connectivity index (χ0n) is 18.7. The van der Waals surface area contributed by atoms with Crippen molar-refractivity contribution in [2.75, 3.05) is 31.9 Å². The largest absolute Gasteiger partial charge is 0.383 e. The van der Waals surface area contributed by atoms with Crippen LogP contribution in [0.3, 0.4) is 0 Å². The topological polar surface area (TPSA) is 110 Å². The van der Waals surface area contributed by atoms with Gasteiger partial charge < -0.3 is 10.6 Å². The standard InChI is InChI=1S/C25H25N7O2/c26-24-19-8-4-5-9-20(19)27-22(28-24)17-30-12-14-31(15-13-30)25(34)21-10-11-23(33)32(29-21)16-18-6-2-1-3-7-18/h1-11H,12-17H2,(H2,26,27,28). The fourth-order valence-electron chi connectivity index (χ4n) is 4.13. The van der Waals surface area contributed by atoms with Gasteiger partial charge in [0.2, 0.25) is 0 Å². The maximum atomic E-state index is 13.1. The lowest BCUT2D eigenvalue weighted by atomic mass is 10.2. The van der Waals surface area contributed by atoms with E-state index in [1.165, 1.54) is 16.8 Å². The van der Waals surface area contributed by atoms with Gasteiger partial charge in [-0.05, 0) is 23.8 Å². The van der Waals surface area contributed by atoms with Gasteiger partial charge in [-0.1, -0.05) is 42.5 Å². The van der Waals surface area contributed by atoms with Crippen LogP contribution in [0.1, 0.15) is 21.9 Å². The summed E-state index contributed by atoms with van der Waals surface area (Å²) >= 11 is 0. The molecule has 0 radical (unpaired) electrons. The number of para-hydroxylation sites is 1. The monoisotopic (exact) mass is 455 g/mol. The van der Waals surface area contributed by atoms with E-state index in [-0.39, 0.29) is 17.2 Å². The highest BCUT2D eigenvalue weighted by atomic mass is 16.2. The molecular formula is C25H25N7O2. The molecule has 0 unspecified atom stereocenters. The van der Waals surface area contributed by atoms with E-state index < -0.39 is 0 Å². The quantitative estimate of drug-likeness (QED) is 0.488. The van der Waals surface area contributed by atoms with Crippen molar-refractivity contribution in [3.63, 3.8) is 0 Å². The summed E-state index contributed by atoms with van der Waals surface area (Å²) < 4.78 is 1.33. The predicted molar refractivity (Wildman–Crippen MR) is 129 cm³/mol. The number of anilines is 1. The van der Waals surface area contributed by atoms with Crippen LogP contribution >= 0.6 is 0 Å². The highest BCUT2D eigenvalue weighted by Crippen LogP contribution is 2.18. The van der Waals surface area contributed by atoms with Crippen LogP contribution in [0.5, 0.6) is 0 Å². The SMILES string of the molecule is Nc1nc(CN2CCN(C(=O)c3ccc(=O)n(Cc4ccccc4)n3)CC2)nc2ccccc12. The molecular weight excluding hydrogens is 430 g/mol. The Morgan fingerprint density at radius 1 is 0.853 bits per heavy atom. The van der Waals surface area contributed by atoms with E-state index in [9.17, 15) is 9.59 Å². The number of rotatable bonds is 5. The summed E-state index contributed by atoms with van der Waals surface area (Å²) in [6.07, 6.45) is 0. The van der Waals surface area contributed by atoms with Crippen LogP contribution < -0.4 is 11.3 Å². The number of benzene rings is 2. The van der Waals surface area contributed by atoms with Crippen LogP contribution in [0.2, 0.25) is 0 Å². The summed E-state index contributed by atoms with van der Waals surface area (Å²) in [6.45, 7) is 3.38. The molecule has 1 amide bonds. The molecule has 2 aromatic carbocycles. The lowest BCUT2D eigenvalue weighted by Gasteiger charge is -2.34. The minimum Gasteiger partial charge on any atom is -0.383 e. The molecule has 0 saturated carbocycles. The highest BCUT2D eigenvalue weighted by molar-refractivity contribution is 5.92. The summed E-state index contributed by atoms with van der Waals surface area (Å²) in [5, 5.41) is 5.18. The lowest BCUT2D eigenvalue weighted by molar-refractivity contribution is 0.0617. The number of nitrogens with zero attached hydrogens (tertiary/aromatic N) is 6. The van der Waals surface area contributed by atoms with Gasteiger partial charge in [0.05, 0.1) is 18.6 Å². The van der Waals surface area contributed by atoms with Crippen LogP contribution in [0.4, 0.5) is 5.82 Å². The van der Waals surface area contributed by atoms with Gasteiger partial charge >= 0.3 is 0 Å². The van der Waals surface area contributed by atoms with Crippen molar-refractivity contribution in [2.45, 2.75) is 13.1 Å². The van der Waals surface area contributed by atoms with Gasteiger partial charge in [0.15, 0.2) is 0 Å². The Balaban J connectivity index is 1.23. The molecule has 9 heteroatoms. The van der Waals surface area contributed by atoms with Gasteiger partial charge in [0.1, 0.15) is 17.3 Å². The molecule has 2 N–H and O–H groups in total. The molecule has 1 fully saturated rings. The third kappa shape index (κ3) is 4.65. The van der Waals surface area contributed by atoms with Crippen molar-refractivity contribution in [3.05, 3.63) is 94.2 Å². The van der Waals surface area contributed by atoms with Gasteiger partial charge in [0, 0.05) is 37.6 Å². The van der Waals surface area contributed by atoms with Crippen molar-refractivity contribution < 1.29 is 4.79 Å². The first-order valence-corrected chi connectivity index (χ1v) is 11.2. The lowest BCUT2D eigenvalue weighted by Crippen LogP contribution is -2.48. The van der Waals surface area contributed by atoms with Crippen molar-refractivity contribution in [2.24, 2.45) is 0 Å². The van der Waals surface area contributed by atoms with E-state index in [0.717, 1.165) is 16.5 Å². The van der Waals surface area contributed by atoms with Gasteiger partial charge in [-0.25, -0.2) is 14.6 Å². The van der Waals surface area contributed by atoms with Crippen molar-refractivity contribution >= 4 is 22.6 Å². The summed E-state index contributed by atoms with van der Waals surface area (Å²) in [7, 11) is 0. The second kappa shape index (κ2) is 9.40. The number of fused-ring (bicyclic) bond motifs is 1. The van der Waals surface area contributed by atoms with Gasteiger partial charge in [-0.2, -0.15) is 5.10 Å². The summed E-state index contributed by atoms with van der Waals surface area (Å²) in [6, 6.07) is 20.2. The van der Waals surface area contributed by atoms with Crippen molar-refractivity contribution in [1.29, 1.82) is 0 Å². The molecule has 1 aliphatic heterocycles. The second-order valence-corrected chi connectivity index (χ2v) is 8.31. The molecule has 1 aliphatic rings. The molecule has 4 aromatic rings. The number of nitrogens with two attached hydrogens (primary N) is 1. The number of amides is 1. The first-order chi connectivity index (χ1) is 16.6. The highest BCUT2D eigenvalue weighted by Gasteiger charge is 2.24. The van der Waals surface area contributed by atoms with E-state index in [0.29, 0.717) is 50.9 Å². The summed E-state index contributed by atoms with van der Waals surface area (Å²) in [5.74, 6) is 0.976. The van der Waals surface area contributed by atoms with Gasteiger partial charge in [-0.3, -0.25) is 14.5 Å². The normalized spacial score (nSPS) is 14.4. The fraction of sp³-hybridized carbons (Fsp3) is 0.240. The summed E-state index contributed by atoms with van der Waals surface area (Å²) in [5.41, 5.74) is 7.92. The van der Waals surface area contributed by atoms with Crippen LogP contribution in [0.25, 0.3) is 10.9 Å². The first kappa shape index (κ1) is 21.7. The number of aromatic nitrogens is 4. The molecule has 9 nitrogen and oxygen atoms in total. The van der Waals surface area contributed by atoms with E-state index in [1.807, 2.05) is 54.6 Å². The fourth-order valence-corrected chi connectivity index (χ4v) is 4.13. The predicted octanol–water partition coefficient (Wildman–Crippen LogP) is 1.77. The molecule has 0 spiro atoms. The minimum absolute atomic E-state index is 0.173. The number of carbonyl (C=O) groups is 1. The summed E-state index contributed by atoms with van der Waals surface area (Å²) in [4.78, 5) is 38.4. The van der Waals surface area contributed by atoms with Gasteiger partial charge in [-0.15, -0.1) is 0 Å². The average Bonchev–Trinajstić information content (AvgIpc) is 2.86. The van der Waals surface area contributed by atoms with E-state index >= 15 is 0 Å². The Morgan fingerprint density at radius 3 is 2.38 bits per heavy atom. The molecule has 0 aliphatic carbocycles. The van der Waals surface area contributed by atoms with Crippen LogP contribution in [0.15, 0.2) is 71.5 Å². The molecule has 1 saturated heterocycles. The molecule has 172 valence electrons.